The number of nitrogens with one attached hydrogen (secondary N) is 4. The molecule has 0 aliphatic carbocycles. The number of likely N-dealkylation sites (N-methyl/N-ethyl adjacent to an activating group) is 1. The Morgan fingerprint density at radius 3 is 2.73 bits per heavy atom. The first-order chi connectivity index (χ1) is 12.4. The van der Waals surface area contributed by atoms with E-state index in [2.05, 4.69) is 21.3 Å². The SMILES string of the molecule is CNC(=O)C(CCC(=O)O)NC(=O)CCCC[C@@H]1SC[C@@H]2NC(=O)N[C@@H]21. The number of rotatable bonds is 10. The zero-order valence-corrected chi connectivity index (χ0v) is 15.6. The third-order valence-electron chi connectivity index (χ3n) is 4.63. The highest BCUT2D eigenvalue weighted by Gasteiger charge is 2.42. The van der Waals surface area contributed by atoms with Gasteiger partial charge >= 0.3 is 12.0 Å². The van der Waals surface area contributed by atoms with E-state index in [1.54, 1.807) is 0 Å². The van der Waals surface area contributed by atoms with E-state index in [1.807, 2.05) is 11.8 Å². The molecule has 5 N–H and O–H groups in total. The maximum absolute atomic E-state index is 12.0. The zero-order chi connectivity index (χ0) is 19.1. The molecule has 9 nitrogen and oxygen atoms in total. The van der Waals surface area contributed by atoms with E-state index in [1.165, 1.54) is 7.05 Å². The van der Waals surface area contributed by atoms with Crippen molar-refractivity contribution < 1.29 is 24.3 Å². The molecule has 146 valence electrons. The Morgan fingerprint density at radius 1 is 1.27 bits per heavy atom. The van der Waals surface area contributed by atoms with Gasteiger partial charge in [0.15, 0.2) is 0 Å². The monoisotopic (exact) mass is 386 g/mol. The van der Waals surface area contributed by atoms with Gasteiger partial charge in [-0.3, -0.25) is 14.4 Å². The number of aliphatic carboxylic acids is 1. The summed E-state index contributed by atoms with van der Waals surface area (Å²) in [6, 6.07) is -0.570. The average Bonchev–Trinajstić information content (AvgIpc) is 3.14. The number of unbranched alkanes of at least 4 members (excludes halogenated alkanes) is 1. The van der Waals surface area contributed by atoms with Crippen molar-refractivity contribution in [2.45, 2.75) is 61.9 Å². The van der Waals surface area contributed by atoms with E-state index in [0.717, 1.165) is 18.6 Å². The molecule has 0 radical (unpaired) electrons. The molecule has 0 spiro atoms. The van der Waals surface area contributed by atoms with Gasteiger partial charge in [-0.05, 0) is 19.3 Å². The predicted octanol–water partition coefficient (Wildman–Crippen LogP) is -0.192. The molecule has 0 aromatic heterocycles. The van der Waals surface area contributed by atoms with Crippen molar-refractivity contribution in [2.24, 2.45) is 0 Å². The fraction of sp³-hybridized carbons (Fsp3) is 0.750. The number of thioether (sulfide) groups is 1. The summed E-state index contributed by atoms with van der Waals surface area (Å²) < 4.78 is 0. The molecule has 4 atom stereocenters. The summed E-state index contributed by atoms with van der Waals surface area (Å²) in [5.41, 5.74) is 0. The van der Waals surface area contributed by atoms with Gasteiger partial charge in [0.25, 0.3) is 0 Å². The largest absolute Gasteiger partial charge is 0.481 e. The van der Waals surface area contributed by atoms with Crippen LogP contribution in [0.5, 0.6) is 0 Å². The Bertz CT molecular complexity index is 559. The van der Waals surface area contributed by atoms with Gasteiger partial charge < -0.3 is 26.4 Å². The minimum absolute atomic E-state index is 0.0647. The van der Waals surface area contributed by atoms with Crippen molar-refractivity contribution >= 4 is 35.6 Å². The second-order valence-electron chi connectivity index (χ2n) is 6.53. The van der Waals surface area contributed by atoms with E-state index in [0.29, 0.717) is 11.7 Å². The molecule has 0 saturated carbocycles. The van der Waals surface area contributed by atoms with E-state index < -0.39 is 17.9 Å². The van der Waals surface area contributed by atoms with Gasteiger partial charge in [-0.25, -0.2) is 4.79 Å². The number of fused-ring (bicyclic) bond motifs is 1. The lowest BCUT2D eigenvalue weighted by Gasteiger charge is -2.17. The third-order valence-corrected chi connectivity index (χ3v) is 6.13. The number of carbonyl (C=O) groups excluding carboxylic acids is 3. The van der Waals surface area contributed by atoms with Gasteiger partial charge in [-0.15, -0.1) is 0 Å². The highest BCUT2D eigenvalue weighted by Crippen LogP contribution is 2.33. The molecule has 2 fully saturated rings. The molecular formula is C16H26N4O5S. The van der Waals surface area contributed by atoms with Crippen LogP contribution in [0.15, 0.2) is 0 Å². The van der Waals surface area contributed by atoms with Crippen LogP contribution in [-0.2, 0) is 14.4 Å². The molecule has 0 aromatic rings. The Labute approximate surface area is 156 Å². The third kappa shape index (κ3) is 5.79. The topological polar surface area (TPSA) is 137 Å². The smallest absolute Gasteiger partial charge is 0.315 e. The Hall–Kier alpha value is -1.97. The number of urea groups is 1. The van der Waals surface area contributed by atoms with Crippen LogP contribution in [0.4, 0.5) is 4.79 Å². The fourth-order valence-electron chi connectivity index (χ4n) is 3.25. The van der Waals surface area contributed by atoms with E-state index in [9.17, 15) is 19.2 Å². The maximum atomic E-state index is 12.0. The van der Waals surface area contributed by atoms with Crippen molar-refractivity contribution in [3.63, 3.8) is 0 Å². The summed E-state index contributed by atoms with van der Waals surface area (Å²) in [5.74, 6) is -0.741. The van der Waals surface area contributed by atoms with E-state index in [4.69, 9.17) is 5.11 Å². The van der Waals surface area contributed by atoms with Crippen LogP contribution < -0.4 is 21.3 Å². The second kappa shape index (κ2) is 9.65. The van der Waals surface area contributed by atoms with Crippen molar-refractivity contribution in [2.75, 3.05) is 12.8 Å². The summed E-state index contributed by atoms with van der Waals surface area (Å²) in [6.07, 6.45) is 2.62. The molecule has 2 rings (SSSR count). The molecule has 2 aliphatic heterocycles. The van der Waals surface area contributed by atoms with Gasteiger partial charge in [0.05, 0.1) is 12.1 Å². The minimum atomic E-state index is -1.01. The zero-order valence-electron chi connectivity index (χ0n) is 14.7. The summed E-state index contributed by atoms with van der Waals surface area (Å²) in [5, 5.41) is 20.0. The van der Waals surface area contributed by atoms with Crippen LogP contribution in [0.1, 0.15) is 38.5 Å². The van der Waals surface area contributed by atoms with Gasteiger partial charge in [-0.2, -0.15) is 11.8 Å². The lowest BCUT2D eigenvalue weighted by Crippen LogP contribution is -2.45. The Kier molecular flexibility index (Phi) is 7.55. The molecule has 10 heteroatoms. The number of amides is 4. The molecule has 4 amide bonds. The Balaban J connectivity index is 1.66. The molecule has 2 aliphatic rings. The average molecular weight is 386 g/mol. The summed E-state index contributed by atoms with van der Waals surface area (Å²) in [7, 11) is 1.45. The van der Waals surface area contributed by atoms with Crippen LogP contribution in [-0.4, -0.2) is 65.1 Å². The maximum Gasteiger partial charge on any atom is 0.315 e. The van der Waals surface area contributed by atoms with Gasteiger partial charge in [0, 0.05) is 30.9 Å². The van der Waals surface area contributed by atoms with Crippen LogP contribution >= 0.6 is 11.8 Å². The molecule has 0 bridgehead atoms. The van der Waals surface area contributed by atoms with E-state index >= 15 is 0 Å². The summed E-state index contributed by atoms with van der Waals surface area (Å²) in [4.78, 5) is 45.8. The van der Waals surface area contributed by atoms with Gasteiger partial charge in [0.2, 0.25) is 11.8 Å². The normalized spacial score (nSPS) is 25.0. The first-order valence-corrected chi connectivity index (χ1v) is 9.87. The Morgan fingerprint density at radius 2 is 2.04 bits per heavy atom. The highest BCUT2D eigenvalue weighted by molar-refractivity contribution is 8.00. The van der Waals surface area contributed by atoms with Crippen LogP contribution in [0.3, 0.4) is 0 Å². The molecule has 0 aromatic carbocycles. The van der Waals surface area contributed by atoms with Crippen molar-refractivity contribution in [3.05, 3.63) is 0 Å². The quantitative estimate of drug-likeness (QED) is 0.261. The number of hydrogen-bond donors (Lipinski definition) is 5. The number of carboxylic acid groups (broad SMARTS) is 1. The van der Waals surface area contributed by atoms with Crippen LogP contribution in [0, 0.1) is 0 Å². The predicted molar refractivity (Wildman–Crippen MR) is 96.8 cm³/mol. The number of carbonyl (C=O) groups is 4. The molecule has 2 saturated heterocycles. The molecule has 1 unspecified atom stereocenters. The summed E-state index contributed by atoms with van der Waals surface area (Å²) in [6.45, 7) is 0. The van der Waals surface area contributed by atoms with Crippen molar-refractivity contribution in [1.82, 2.24) is 21.3 Å². The number of carboxylic acids is 1. The molecule has 26 heavy (non-hydrogen) atoms. The van der Waals surface area contributed by atoms with Gasteiger partial charge in [-0.1, -0.05) is 6.42 Å². The lowest BCUT2D eigenvalue weighted by atomic mass is 10.0. The fourth-order valence-corrected chi connectivity index (χ4v) is 4.80. The van der Waals surface area contributed by atoms with Crippen molar-refractivity contribution in [3.8, 4) is 0 Å². The number of hydrogen-bond acceptors (Lipinski definition) is 5. The standard InChI is InChI=1S/C16H26N4O5S/c1-17-15(24)9(6-7-13(22)23)18-12(21)5-3-2-4-11-14-10(8-26-11)19-16(25)20-14/h9-11,14H,2-8H2,1H3,(H,17,24)(H,18,21)(H,22,23)(H2,19,20,25)/t9?,10-,11-,14-/m0/s1. The molecular weight excluding hydrogens is 360 g/mol. The van der Waals surface area contributed by atoms with E-state index in [-0.39, 0.29) is 43.3 Å². The van der Waals surface area contributed by atoms with Crippen LogP contribution in [0.2, 0.25) is 0 Å². The van der Waals surface area contributed by atoms with Gasteiger partial charge in [0.1, 0.15) is 6.04 Å². The molecule has 2 heterocycles. The van der Waals surface area contributed by atoms with Crippen LogP contribution in [0.25, 0.3) is 0 Å². The first kappa shape index (κ1) is 20.3. The summed E-state index contributed by atoms with van der Waals surface area (Å²) >= 11 is 1.84. The van der Waals surface area contributed by atoms with Crippen molar-refractivity contribution in [1.29, 1.82) is 0 Å². The first-order valence-electron chi connectivity index (χ1n) is 8.82. The lowest BCUT2D eigenvalue weighted by molar-refractivity contribution is -0.138. The second-order valence-corrected chi connectivity index (χ2v) is 7.81. The minimum Gasteiger partial charge on any atom is -0.481 e. The highest BCUT2D eigenvalue weighted by atomic mass is 32.2.